The summed E-state index contributed by atoms with van der Waals surface area (Å²) in [5, 5.41) is 20.4. The van der Waals surface area contributed by atoms with Crippen LogP contribution in [0.25, 0.3) is 0 Å². The molecule has 110 valence electrons. The van der Waals surface area contributed by atoms with Gasteiger partial charge in [-0.15, -0.1) is 0 Å². The van der Waals surface area contributed by atoms with Gasteiger partial charge in [-0.1, -0.05) is 13.3 Å². The zero-order valence-corrected chi connectivity index (χ0v) is 11.2. The van der Waals surface area contributed by atoms with Gasteiger partial charge in [-0.05, 0) is 30.5 Å². The van der Waals surface area contributed by atoms with E-state index in [4.69, 9.17) is 10.4 Å². The van der Waals surface area contributed by atoms with Crippen LogP contribution in [0, 0.1) is 17.2 Å². The summed E-state index contributed by atoms with van der Waals surface area (Å²) in [6.45, 7) is 2.25. The zero-order chi connectivity index (χ0) is 15.2. The van der Waals surface area contributed by atoms with Gasteiger partial charge >= 0.3 is 6.18 Å². The van der Waals surface area contributed by atoms with Crippen LogP contribution in [0.15, 0.2) is 18.2 Å². The molecular weight excluding hydrogens is 269 g/mol. The molecule has 0 aliphatic rings. The molecule has 6 heteroatoms. The normalized spacial score (nSPS) is 12.8. The minimum Gasteiger partial charge on any atom is -0.396 e. The second kappa shape index (κ2) is 7.15. The predicted octanol–water partition coefficient (Wildman–Crippen LogP) is 3.40. The molecule has 0 amide bonds. The van der Waals surface area contributed by atoms with Crippen molar-refractivity contribution < 1.29 is 18.3 Å². The first-order valence-corrected chi connectivity index (χ1v) is 6.38. The van der Waals surface area contributed by atoms with Crippen molar-refractivity contribution in [3.05, 3.63) is 29.3 Å². The highest BCUT2D eigenvalue weighted by Crippen LogP contribution is 2.35. The Labute approximate surface area is 116 Å². The van der Waals surface area contributed by atoms with E-state index >= 15 is 0 Å². The van der Waals surface area contributed by atoms with Crippen molar-refractivity contribution in [2.24, 2.45) is 5.92 Å². The van der Waals surface area contributed by atoms with Gasteiger partial charge in [0, 0.05) is 18.8 Å². The topological polar surface area (TPSA) is 56.0 Å². The van der Waals surface area contributed by atoms with E-state index in [9.17, 15) is 13.2 Å². The standard InChI is InChI=1S/C14H17F3N2O/c1-2-10(5-6-20)9-19-13-7-11(8-18)3-4-12(13)14(15,16)17/h3-4,7,10,19-20H,2,5-6,9H2,1H3. The van der Waals surface area contributed by atoms with E-state index in [-0.39, 0.29) is 23.8 Å². The van der Waals surface area contributed by atoms with E-state index in [1.807, 2.05) is 13.0 Å². The van der Waals surface area contributed by atoms with Crippen LogP contribution in [0.4, 0.5) is 18.9 Å². The maximum atomic E-state index is 12.9. The second-order valence-electron chi connectivity index (χ2n) is 4.54. The van der Waals surface area contributed by atoms with Crippen molar-refractivity contribution in [2.75, 3.05) is 18.5 Å². The molecule has 0 saturated heterocycles. The molecular formula is C14H17F3N2O. The molecule has 0 saturated carbocycles. The van der Waals surface area contributed by atoms with Gasteiger partial charge in [-0.3, -0.25) is 0 Å². The van der Waals surface area contributed by atoms with E-state index < -0.39 is 11.7 Å². The van der Waals surface area contributed by atoms with Crippen LogP contribution in [0.5, 0.6) is 0 Å². The van der Waals surface area contributed by atoms with Crippen LogP contribution in [-0.4, -0.2) is 18.3 Å². The van der Waals surface area contributed by atoms with Crippen LogP contribution < -0.4 is 5.32 Å². The van der Waals surface area contributed by atoms with Crippen molar-refractivity contribution >= 4 is 5.69 Å². The lowest BCUT2D eigenvalue weighted by atomic mass is 10.0. The summed E-state index contributed by atoms with van der Waals surface area (Å²) in [6.07, 6.45) is -3.18. The van der Waals surface area contributed by atoms with Crippen LogP contribution in [0.2, 0.25) is 0 Å². The second-order valence-corrected chi connectivity index (χ2v) is 4.54. The van der Waals surface area contributed by atoms with Crippen molar-refractivity contribution in [3.8, 4) is 6.07 Å². The van der Waals surface area contributed by atoms with Crippen molar-refractivity contribution in [2.45, 2.75) is 25.9 Å². The van der Waals surface area contributed by atoms with Gasteiger partial charge in [0.15, 0.2) is 0 Å². The lowest BCUT2D eigenvalue weighted by molar-refractivity contribution is -0.137. The van der Waals surface area contributed by atoms with E-state index in [0.29, 0.717) is 13.0 Å². The Morgan fingerprint density at radius 1 is 1.40 bits per heavy atom. The molecule has 1 rings (SSSR count). The fourth-order valence-corrected chi connectivity index (χ4v) is 1.89. The average molecular weight is 286 g/mol. The van der Waals surface area contributed by atoms with Gasteiger partial charge in [0.05, 0.1) is 17.2 Å². The first kappa shape index (κ1) is 16.3. The lowest BCUT2D eigenvalue weighted by Crippen LogP contribution is -2.18. The predicted molar refractivity (Wildman–Crippen MR) is 70.1 cm³/mol. The third kappa shape index (κ3) is 4.42. The summed E-state index contributed by atoms with van der Waals surface area (Å²) < 4.78 is 38.6. The number of alkyl halides is 3. The Hall–Kier alpha value is -1.74. The molecule has 0 bridgehead atoms. The summed E-state index contributed by atoms with van der Waals surface area (Å²) >= 11 is 0. The summed E-state index contributed by atoms with van der Waals surface area (Å²) in [7, 11) is 0. The van der Waals surface area contributed by atoms with Crippen LogP contribution in [0.3, 0.4) is 0 Å². The Bertz CT molecular complexity index is 480. The maximum absolute atomic E-state index is 12.9. The number of nitrogens with zero attached hydrogens (tertiary/aromatic N) is 1. The highest BCUT2D eigenvalue weighted by molar-refractivity contribution is 5.57. The number of rotatable bonds is 6. The maximum Gasteiger partial charge on any atom is 0.418 e. The van der Waals surface area contributed by atoms with Gasteiger partial charge in [0.25, 0.3) is 0 Å². The van der Waals surface area contributed by atoms with E-state index in [1.54, 1.807) is 0 Å². The van der Waals surface area contributed by atoms with Crippen LogP contribution >= 0.6 is 0 Å². The third-order valence-corrected chi connectivity index (χ3v) is 3.15. The molecule has 1 aromatic carbocycles. The van der Waals surface area contributed by atoms with Crippen molar-refractivity contribution in [3.63, 3.8) is 0 Å². The van der Waals surface area contributed by atoms with Crippen molar-refractivity contribution in [1.82, 2.24) is 0 Å². The monoisotopic (exact) mass is 286 g/mol. The summed E-state index contributed by atoms with van der Waals surface area (Å²) in [5.74, 6) is 0.0897. The number of nitrogens with one attached hydrogen (secondary N) is 1. The van der Waals surface area contributed by atoms with Crippen molar-refractivity contribution in [1.29, 1.82) is 5.26 Å². The first-order chi connectivity index (χ1) is 9.42. The minimum absolute atomic E-state index is 0.00451. The zero-order valence-electron chi connectivity index (χ0n) is 11.2. The number of hydrogen-bond donors (Lipinski definition) is 2. The molecule has 2 N–H and O–H groups in total. The van der Waals surface area contributed by atoms with E-state index in [0.717, 1.165) is 18.6 Å². The number of anilines is 1. The van der Waals surface area contributed by atoms with E-state index in [1.165, 1.54) is 6.07 Å². The molecule has 3 nitrogen and oxygen atoms in total. The number of aliphatic hydroxyl groups is 1. The molecule has 0 heterocycles. The number of nitriles is 1. The van der Waals surface area contributed by atoms with Gasteiger partial charge in [-0.25, -0.2) is 0 Å². The van der Waals surface area contributed by atoms with E-state index in [2.05, 4.69) is 5.32 Å². The largest absolute Gasteiger partial charge is 0.418 e. The molecule has 1 atom stereocenters. The van der Waals surface area contributed by atoms with Gasteiger partial charge < -0.3 is 10.4 Å². The highest BCUT2D eigenvalue weighted by atomic mass is 19.4. The molecule has 20 heavy (non-hydrogen) atoms. The summed E-state index contributed by atoms with van der Waals surface area (Å²) in [4.78, 5) is 0. The highest BCUT2D eigenvalue weighted by Gasteiger charge is 2.33. The van der Waals surface area contributed by atoms with Crippen LogP contribution in [-0.2, 0) is 6.18 Å². The number of halogens is 3. The molecule has 0 spiro atoms. The number of benzene rings is 1. The minimum atomic E-state index is -4.46. The summed E-state index contributed by atoms with van der Waals surface area (Å²) in [5.41, 5.74) is -0.695. The Balaban J connectivity index is 2.94. The first-order valence-electron chi connectivity index (χ1n) is 6.38. The fourth-order valence-electron chi connectivity index (χ4n) is 1.89. The Morgan fingerprint density at radius 3 is 2.60 bits per heavy atom. The van der Waals surface area contributed by atoms with Crippen LogP contribution in [0.1, 0.15) is 30.9 Å². The lowest BCUT2D eigenvalue weighted by Gasteiger charge is -2.18. The molecule has 0 aromatic heterocycles. The molecule has 0 fully saturated rings. The SMILES string of the molecule is CCC(CCO)CNc1cc(C#N)ccc1C(F)(F)F. The number of aliphatic hydroxyl groups excluding tert-OH is 1. The number of hydrogen-bond acceptors (Lipinski definition) is 3. The van der Waals surface area contributed by atoms with Gasteiger partial charge in [-0.2, -0.15) is 18.4 Å². The summed E-state index contributed by atoms with van der Waals surface area (Å²) in [6, 6.07) is 5.09. The molecule has 0 aliphatic heterocycles. The molecule has 1 unspecified atom stereocenters. The Kier molecular flexibility index (Phi) is 5.83. The smallest absolute Gasteiger partial charge is 0.396 e. The van der Waals surface area contributed by atoms with Gasteiger partial charge in [0.1, 0.15) is 0 Å². The molecule has 0 aliphatic carbocycles. The molecule has 0 radical (unpaired) electrons. The Morgan fingerprint density at radius 2 is 2.10 bits per heavy atom. The third-order valence-electron chi connectivity index (χ3n) is 3.15. The average Bonchev–Trinajstić information content (AvgIpc) is 2.41. The fraction of sp³-hybridized carbons (Fsp3) is 0.500. The van der Waals surface area contributed by atoms with Gasteiger partial charge in [0.2, 0.25) is 0 Å². The molecule has 1 aromatic rings. The quantitative estimate of drug-likeness (QED) is 0.842.